The van der Waals surface area contributed by atoms with E-state index in [0.29, 0.717) is 0 Å². The van der Waals surface area contributed by atoms with Crippen LogP contribution in [0.3, 0.4) is 0 Å². The van der Waals surface area contributed by atoms with Crippen molar-refractivity contribution in [1.82, 2.24) is 0 Å². The van der Waals surface area contributed by atoms with Crippen LogP contribution in [-0.4, -0.2) is 21.4 Å². The van der Waals surface area contributed by atoms with E-state index in [9.17, 15) is 4.79 Å². The summed E-state index contributed by atoms with van der Waals surface area (Å²) in [6.07, 6.45) is 7.45. The Morgan fingerprint density at radius 1 is 1.22 bits per heavy atom. The molecule has 0 aromatic heterocycles. The summed E-state index contributed by atoms with van der Waals surface area (Å²) in [5.74, 6) is 6.17. The van der Waals surface area contributed by atoms with Crippen molar-refractivity contribution in [2.24, 2.45) is 0 Å². The van der Waals surface area contributed by atoms with E-state index in [1.165, 1.54) is 31.3 Å². The van der Waals surface area contributed by atoms with Crippen LogP contribution in [0.4, 0.5) is 0 Å². The predicted molar refractivity (Wildman–Crippen MR) is 97.4 cm³/mol. The molecule has 3 nitrogen and oxygen atoms in total. The molecule has 0 spiro atoms. The lowest BCUT2D eigenvalue weighted by Crippen LogP contribution is -2.40. The molecule has 23 heavy (non-hydrogen) atoms. The molecule has 130 valence electrons. The van der Waals surface area contributed by atoms with Gasteiger partial charge in [0.2, 0.25) is 8.32 Å². The molecule has 1 aliphatic carbocycles. The smallest absolute Gasteiger partial charge is 0.384 e. The standard InChI is InChI=1S/C19H32O3Si/c1-19(2,3)23(5,6)22-17-14-11-10-13-16(17)12-8-7-9-15-18(20)21-4/h7-8,10-14H2,1-6H3. The highest BCUT2D eigenvalue weighted by Gasteiger charge is 2.39. The average molecular weight is 337 g/mol. The van der Waals surface area contributed by atoms with Gasteiger partial charge in [-0.3, -0.25) is 0 Å². The minimum atomic E-state index is -1.76. The van der Waals surface area contributed by atoms with Gasteiger partial charge < -0.3 is 9.16 Å². The average Bonchev–Trinajstić information content (AvgIpc) is 2.46. The van der Waals surface area contributed by atoms with Gasteiger partial charge in [0.25, 0.3) is 0 Å². The van der Waals surface area contributed by atoms with Gasteiger partial charge in [0.1, 0.15) is 0 Å². The molecule has 0 aromatic carbocycles. The summed E-state index contributed by atoms with van der Waals surface area (Å²) in [5, 5.41) is 0.231. The summed E-state index contributed by atoms with van der Waals surface area (Å²) in [5.41, 5.74) is 1.47. The van der Waals surface area contributed by atoms with E-state index in [-0.39, 0.29) is 5.04 Å². The van der Waals surface area contributed by atoms with Crippen LogP contribution in [0.2, 0.25) is 18.1 Å². The molecular weight excluding hydrogens is 304 g/mol. The Labute approximate surface area is 143 Å². The van der Waals surface area contributed by atoms with E-state index >= 15 is 0 Å². The third-order valence-electron chi connectivity index (χ3n) is 4.87. The molecule has 0 saturated carbocycles. The zero-order valence-electron chi connectivity index (χ0n) is 15.7. The van der Waals surface area contributed by atoms with Gasteiger partial charge >= 0.3 is 5.97 Å². The molecule has 0 heterocycles. The second kappa shape index (κ2) is 8.59. The second-order valence-electron chi connectivity index (χ2n) is 7.74. The van der Waals surface area contributed by atoms with Gasteiger partial charge in [-0.15, -0.1) is 0 Å². The number of esters is 1. The topological polar surface area (TPSA) is 35.5 Å². The normalized spacial score (nSPS) is 15.7. The lowest BCUT2D eigenvalue weighted by atomic mass is 9.94. The molecule has 0 saturated heterocycles. The molecule has 4 heteroatoms. The van der Waals surface area contributed by atoms with E-state index in [4.69, 9.17) is 4.43 Å². The molecule has 0 radical (unpaired) electrons. The van der Waals surface area contributed by atoms with Crippen molar-refractivity contribution in [3.8, 4) is 11.8 Å². The quantitative estimate of drug-likeness (QED) is 0.228. The van der Waals surface area contributed by atoms with Gasteiger partial charge in [-0.05, 0) is 55.8 Å². The monoisotopic (exact) mass is 336 g/mol. The van der Waals surface area contributed by atoms with Crippen molar-refractivity contribution in [2.75, 3.05) is 7.11 Å². The minimum Gasteiger partial charge on any atom is -0.547 e. The summed E-state index contributed by atoms with van der Waals surface area (Å²) >= 11 is 0. The summed E-state index contributed by atoms with van der Waals surface area (Å²) in [4.78, 5) is 11.0. The highest BCUT2D eigenvalue weighted by atomic mass is 28.4. The Hall–Kier alpha value is -1.21. The zero-order valence-corrected chi connectivity index (χ0v) is 16.7. The van der Waals surface area contributed by atoms with Gasteiger partial charge in [0.05, 0.1) is 12.9 Å². The number of hydrogen-bond acceptors (Lipinski definition) is 3. The maximum atomic E-state index is 11.0. The number of hydrogen-bond donors (Lipinski definition) is 0. The fraction of sp³-hybridized carbons (Fsp3) is 0.737. The van der Waals surface area contributed by atoms with Crippen molar-refractivity contribution in [3.05, 3.63) is 11.3 Å². The maximum Gasteiger partial charge on any atom is 0.384 e. The number of ether oxygens (including phenoxy) is 1. The van der Waals surface area contributed by atoms with E-state index in [1.54, 1.807) is 0 Å². The van der Waals surface area contributed by atoms with Gasteiger partial charge in [-0.1, -0.05) is 26.7 Å². The Morgan fingerprint density at radius 3 is 2.48 bits per heavy atom. The van der Waals surface area contributed by atoms with E-state index in [0.717, 1.165) is 32.1 Å². The van der Waals surface area contributed by atoms with Crippen molar-refractivity contribution >= 4 is 14.3 Å². The molecule has 0 N–H and O–H groups in total. The predicted octanol–water partition coefficient (Wildman–Crippen LogP) is 5.18. The van der Waals surface area contributed by atoms with Gasteiger partial charge in [0, 0.05) is 18.8 Å². The molecule has 0 unspecified atom stereocenters. The number of unbranched alkanes of at least 4 members (excludes halogenated alkanes) is 1. The Balaban J connectivity index is 2.66. The third kappa shape index (κ3) is 6.43. The van der Waals surface area contributed by atoms with Gasteiger partial charge in [0.15, 0.2) is 0 Å². The first-order chi connectivity index (χ1) is 10.7. The molecule has 0 fully saturated rings. The molecule has 0 bridgehead atoms. The number of carbonyl (C=O) groups excluding carboxylic acids is 1. The van der Waals surface area contributed by atoms with Crippen LogP contribution in [-0.2, 0) is 14.0 Å². The highest BCUT2D eigenvalue weighted by molar-refractivity contribution is 6.74. The summed E-state index contributed by atoms with van der Waals surface area (Å²) in [6.45, 7) is 11.5. The highest BCUT2D eigenvalue weighted by Crippen LogP contribution is 2.40. The molecule has 0 amide bonds. The third-order valence-corrected chi connectivity index (χ3v) is 9.24. The molecule has 1 rings (SSSR count). The Morgan fingerprint density at radius 2 is 1.87 bits per heavy atom. The van der Waals surface area contributed by atoms with Gasteiger partial charge in [-0.2, -0.15) is 0 Å². The van der Waals surface area contributed by atoms with Crippen LogP contribution < -0.4 is 0 Å². The van der Waals surface area contributed by atoms with Crippen molar-refractivity contribution in [2.45, 2.75) is 83.8 Å². The van der Waals surface area contributed by atoms with Crippen LogP contribution in [0.15, 0.2) is 11.3 Å². The first kappa shape index (κ1) is 19.8. The summed E-state index contributed by atoms with van der Waals surface area (Å²) in [7, 11) is -0.400. The number of carbonyl (C=O) groups is 1. The molecule has 0 atom stereocenters. The molecule has 1 aliphatic rings. The van der Waals surface area contributed by atoms with E-state index in [2.05, 4.69) is 50.4 Å². The Kier molecular flexibility index (Phi) is 7.40. The van der Waals surface area contributed by atoms with Crippen molar-refractivity contribution < 1.29 is 14.0 Å². The SMILES string of the molecule is COC(=O)C#CCCCC1=C(O[Si](C)(C)C(C)(C)C)CCCC1. The lowest BCUT2D eigenvalue weighted by Gasteiger charge is -2.39. The summed E-state index contributed by atoms with van der Waals surface area (Å²) in [6, 6.07) is 0. The number of rotatable bonds is 5. The number of methoxy groups -OCH3 is 1. The summed E-state index contributed by atoms with van der Waals surface area (Å²) < 4.78 is 11.1. The molecule has 0 aliphatic heterocycles. The second-order valence-corrected chi connectivity index (χ2v) is 12.5. The largest absolute Gasteiger partial charge is 0.547 e. The fourth-order valence-corrected chi connectivity index (χ4v) is 3.53. The Bertz CT molecular complexity index is 501. The van der Waals surface area contributed by atoms with E-state index in [1.807, 2.05) is 0 Å². The number of allylic oxidation sites excluding steroid dienone is 2. The maximum absolute atomic E-state index is 11.0. The molecular formula is C19H32O3Si. The van der Waals surface area contributed by atoms with E-state index < -0.39 is 14.3 Å². The lowest BCUT2D eigenvalue weighted by molar-refractivity contribution is -0.133. The fourth-order valence-electron chi connectivity index (χ4n) is 2.36. The van der Waals surface area contributed by atoms with Crippen molar-refractivity contribution in [1.29, 1.82) is 0 Å². The van der Waals surface area contributed by atoms with Crippen LogP contribution in [0.5, 0.6) is 0 Å². The zero-order chi connectivity index (χ0) is 17.5. The van der Waals surface area contributed by atoms with Crippen LogP contribution in [0, 0.1) is 11.8 Å². The van der Waals surface area contributed by atoms with Crippen LogP contribution >= 0.6 is 0 Å². The van der Waals surface area contributed by atoms with Crippen molar-refractivity contribution in [3.63, 3.8) is 0 Å². The molecule has 0 aromatic rings. The first-order valence-electron chi connectivity index (χ1n) is 8.64. The van der Waals surface area contributed by atoms with Gasteiger partial charge in [-0.25, -0.2) is 4.79 Å². The van der Waals surface area contributed by atoms with Crippen LogP contribution in [0.1, 0.15) is 65.7 Å². The minimum absolute atomic E-state index is 0.231. The van der Waals surface area contributed by atoms with Crippen LogP contribution in [0.25, 0.3) is 0 Å². The first-order valence-corrected chi connectivity index (χ1v) is 11.5.